The topological polar surface area (TPSA) is 172 Å². The van der Waals surface area contributed by atoms with Crippen molar-refractivity contribution in [3.05, 3.63) is 24.3 Å². The molecule has 0 amide bonds. The van der Waals surface area contributed by atoms with Crippen LogP contribution in [-0.4, -0.2) is 16.8 Å². The monoisotopic (exact) mass is 268 g/mol. The van der Waals surface area contributed by atoms with E-state index in [1.165, 1.54) is 24.3 Å². The van der Waals surface area contributed by atoms with Crippen LogP contribution < -0.4 is 21.2 Å². The summed E-state index contributed by atoms with van der Waals surface area (Å²) in [6.45, 7) is 0. The lowest BCUT2D eigenvalue weighted by atomic mass is 10.3. The number of hydrogen-bond donors (Lipinski definition) is 4. The first-order valence-electron chi connectivity index (χ1n) is 3.69. The highest BCUT2D eigenvalue weighted by molar-refractivity contribution is 7.89. The summed E-state index contributed by atoms with van der Waals surface area (Å²) >= 11 is 0. The number of nitrogens with two attached hydrogens (primary N) is 4. The van der Waals surface area contributed by atoms with Crippen molar-refractivity contribution in [3.8, 4) is 0 Å². The molecule has 0 radical (unpaired) electrons. The van der Waals surface area contributed by atoms with Crippen LogP contribution in [0, 0.1) is 0 Å². The third-order valence-corrected chi connectivity index (χ3v) is 2.14. The van der Waals surface area contributed by atoms with Crippen LogP contribution in [0.5, 0.6) is 0 Å². The van der Waals surface area contributed by atoms with Crippen molar-refractivity contribution >= 4 is 25.9 Å². The second-order valence-corrected chi connectivity index (χ2v) is 5.44. The lowest BCUT2D eigenvalue weighted by molar-refractivity contribution is 0.596. The van der Waals surface area contributed by atoms with Gasteiger partial charge in [-0.3, -0.25) is 0 Å². The Morgan fingerprint density at radius 3 is 1.38 bits per heavy atom. The Morgan fingerprint density at radius 1 is 0.812 bits per heavy atom. The Kier molecular flexibility index (Phi) is 4.83. The minimum atomic E-state index is -3.67. The van der Waals surface area contributed by atoms with Crippen LogP contribution in [0.2, 0.25) is 0 Å². The molecule has 1 aromatic carbocycles. The van der Waals surface area contributed by atoms with Crippen LogP contribution in [0.1, 0.15) is 0 Å². The molecule has 0 spiro atoms. The summed E-state index contributed by atoms with van der Waals surface area (Å²) in [4.78, 5) is 0.0756. The molecule has 1 rings (SSSR count). The van der Waals surface area contributed by atoms with E-state index in [4.69, 9.17) is 10.9 Å². The van der Waals surface area contributed by atoms with Crippen molar-refractivity contribution in [3.63, 3.8) is 0 Å². The molecule has 92 valence electrons. The predicted molar refractivity (Wildman–Crippen MR) is 59.5 cm³/mol. The minimum Gasteiger partial charge on any atom is -0.399 e. The third-order valence-electron chi connectivity index (χ3n) is 1.21. The molecule has 0 saturated heterocycles. The number of nitrogen functional groups attached to an aromatic ring is 1. The van der Waals surface area contributed by atoms with E-state index in [0.717, 1.165) is 0 Å². The largest absolute Gasteiger partial charge is 0.399 e. The maximum Gasteiger partial charge on any atom is 0.271 e. The van der Waals surface area contributed by atoms with Crippen molar-refractivity contribution in [2.75, 3.05) is 5.73 Å². The molecule has 0 aromatic heterocycles. The zero-order valence-corrected chi connectivity index (χ0v) is 9.70. The number of rotatable bonds is 1. The molecule has 0 fully saturated rings. The van der Waals surface area contributed by atoms with Gasteiger partial charge in [0, 0.05) is 5.69 Å². The fraction of sp³-hybridized carbons (Fsp3) is 0. The smallest absolute Gasteiger partial charge is 0.271 e. The number of anilines is 1. The Bertz CT molecular complexity index is 526. The van der Waals surface area contributed by atoms with Crippen LogP contribution in [0.25, 0.3) is 0 Å². The van der Waals surface area contributed by atoms with Gasteiger partial charge < -0.3 is 5.73 Å². The lowest BCUT2D eigenvalue weighted by Crippen LogP contribution is -2.21. The second-order valence-electron chi connectivity index (χ2n) is 2.70. The maximum absolute atomic E-state index is 10.7. The van der Waals surface area contributed by atoms with Gasteiger partial charge in [0.2, 0.25) is 10.0 Å². The highest BCUT2D eigenvalue weighted by Gasteiger charge is 2.04. The molecule has 0 aliphatic heterocycles. The maximum atomic E-state index is 10.7. The second kappa shape index (κ2) is 5.23. The molecular formula is C6H12N4O4S2. The molecule has 0 unspecified atom stereocenters. The summed E-state index contributed by atoms with van der Waals surface area (Å²) in [5.41, 5.74) is 5.85. The molecule has 16 heavy (non-hydrogen) atoms. The first-order chi connectivity index (χ1) is 7.00. The average Bonchev–Trinajstić information content (AvgIpc) is 1.99. The van der Waals surface area contributed by atoms with Crippen LogP contribution >= 0.6 is 0 Å². The quantitative estimate of drug-likeness (QED) is 0.433. The van der Waals surface area contributed by atoms with E-state index in [1.807, 2.05) is 0 Å². The SMILES string of the molecule is NS(N)(=O)=O.Nc1ccc(S(N)(=O)=O)cc1. The highest BCUT2D eigenvalue weighted by Crippen LogP contribution is 2.08. The molecule has 0 heterocycles. The number of benzene rings is 1. The van der Waals surface area contributed by atoms with E-state index in [-0.39, 0.29) is 4.90 Å². The van der Waals surface area contributed by atoms with Crippen LogP contribution in [-0.2, 0) is 20.2 Å². The van der Waals surface area contributed by atoms with E-state index in [1.54, 1.807) is 0 Å². The average molecular weight is 268 g/mol. The van der Waals surface area contributed by atoms with Gasteiger partial charge in [-0.15, -0.1) is 0 Å². The number of hydrogen-bond acceptors (Lipinski definition) is 5. The Morgan fingerprint density at radius 2 is 1.12 bits per heavy atom. The van der Waals surface area contributed by atoms with Gasteiger partial charge >= 0.3 is 0 Å². The van der Waals surface area contributed by atoms with Gasteiger partial charge in [0.1, 0.15) is 0 Å². The zero-order valence-electron chi connectivity index (χ0n) is 8.07. The van der Waals surface area contributed by atoms with Gasteiger partial charge in [0.05, 0.1) is 4.90 Å². The normalized spacial score (nSPS) is 11.4. The summed E-state index contributed by atoms with van der Waals surface area (Å²) < 4.78 is 39.7. The molecule has 0 aliphatic rings. The molecule has 8 nitrogen and oxygen atoms in total. The molecule has 0 bridgehead atoms. The summed E-state index contributed by atoms with van der Waals surface area (Å²) in [7, 11) is -7.24. The third kappa shape index (κ3) is 8.14. The minimum absolute atomic E-state index is 0.0756. The highest BCUT2D eigenvalue weighted by atomic mass is 32.2. The zero-order chi connectivity index (χ0) is 13.0. The fourth-order valence-electron chi connectivity index (χ4n) is 0.658. The number of primary sulfonamides is 1. The molecule has 8 N–H and O–H groups in total. The lowest BCUT2D eigenvalue weighted by Gasteiger charge is -1.96. The predicted octanol–water partition coefficient (Wildman–Crippen LogP) is -1.94. The molecular weight excluding hydrogens is 256 g/mol. The molecule has 10 heteroatoms. The van der Waals surface area contributed by atoms with E-state index in [2.05, 4.69) is 10.3 Å². The molecule has 0 aliphatic carbocycles. The Labute approximate surface area is 93.5 Å². The van der Waals surface area contributed by atoms with Crippen molar-refractivity contribution in [1.82, 2.24) is 0 Å². The van der Waals surface area contributed by atoms with Crippen molar-refractivity contribution < 1.29 is 16.8 Å². The summed E-state index contributed by atoms with van der Waals surface area (Å²) in [5.74, 6) is 0. The molecule has 0 atom stereocenters. The van der Waals surface area contributed by atoms with Crippen LogP contribution in [0.3, 0.4) is 0 Å². The van der Waals surface area contributed by atoms with Gasteiger partial charge in [0.25, 0.3) is 10.2 Å². The standard InChI is InChI=1S/C6H8N2O2S.H4N2O2S/c7-5-1-3-6(4-2-5)11(8,9)10;1-5(2,3)4/h1-4H,7H2,(H2,8,9,10);(H4,1,2,3,4). The molecule has 1 aromatic rings. The number of sulfonamides is 1. The van der Waals surface area contributed by atoms with Gasteiger partial charge in [0.15, 0.2) is 0 Å². The first-order valence-corrected chi connectivity index (χ1v) is 6.84. The fourth-order valence-corrected chi connectivity index (χ4v) is 1.17. The van der Waals surface area contributed by atoms with E-state index in [9.17, 15) is 16.8 Å². The molecule has 0 saturated carbocycles. The van der Waals surface area contributed by atoms with E-state index >= 15 is 0 Å². The van der Waals surface area contributed by atoms with E-state index < -0.39 is 20.2 Å². The van der Waals surface area contributed by atoms with Gasteiger partial charge in [-0.25, -0.2) is 23.8 Å². The van der Waals surface area contributed by atoms with E-state index in [0.29, 0.717) is 5.69 Å². The van der Waals surface area contributed by atoms with Crippen LogP contribution in [0.4, 0.5) is 5.69 Å². The summed E-state index contributed by atoms with van der Waals surface area (Å²) in [6, 6.07) is 5.70. The Hall–Kier alpha value is -1.20. The summed E-state index contributed by atoms with van der Waals surface area (Å²) in [5, 5.41) is 13.0. The van der Waals surface area contributed by atoms with Gasteiger partial charge in [-0.2, -0.15) is 8.42 Å². The van der Waals surface area contributed by atoms with Crippen molar-refractivity contribution in [1.29, 1.82) is 0 Å². The van der Waals surface area contributed by atoms with Gasteiger partial charge in [-0.1, -0.05) is 0 Å². The van der Waals surface area contributed by atoms with Crippen molar-refractivity contribution in [2.45, 2.75) is 4.90 Å². The Balaban J connectivity index is 0.000000385. The summed E-state index contributed by atoms with van der Waals surface area (Å²) in [6.07, 6.45) is 0. The van der Waals surface area contributed by atoms with Crippen molar-refractivity contribution in [2.24, 2.45) is 15.4 Å². The first kappa shape index (κ1) is 14.8. The van der Waals surface area contributed by atoms with Crippen LogP contribution in [0.15, 0.2) is 29.2 Å². The van der Waals surface area contributed by atoms with Gasteiger partial charge in [-0.05, 0) is 24.3 Å².